The minimum atomic E-state index is 0. The second-order valence-corrected chi connectivity index (χ2v) is 0.322. The summed E-state index contributed by atoms with van der Waals surface area (Å²) >= 11 is 0. The van der Waals surface area contributed by atoms with Crippen LogP contribution in [0.1, 0.15) is 0 Å². The molecule has 1 amide bonds. The molecule has 5 heavy (non-hydrogen) atoms. The molecule has 0 aliphatic carbocycles. The minimum Gasteiger partial charge on any atom is -0.274 e. The summed E-state index contributed by atoms with van der Waals surface area (Å²) in [6.07, 6.45) is 0.514. The fourth-order valence-electron chi connectivity index (χ4n) is 0. The molecule has 0 bridgehead atoms. The molecule has 0 aliphatic heterocycles. The van der Waals surface area contributed by atoms with Gasteiger partial charge in [0, 0.05) is 0 Å². The maximum absolute atomic E-state index is 9.00. The van der Waals surface area contributed by atoms with E-state index in [2.05, 4.69) is 5.84 Å². The van der Waals surface area contributed by atoms with Crippen molar-refractivity contribution in [3.8, 4) is 0 Å². The normalized spacial score (nSPS) is 4.20. The predicted octanol–water partition coefficient (Wildman–Crippen LogP) is -2.11. The number of hydrogen-bond acceptors (Lipinski definition) is 1. The second kappa shape index (κ2) is 9.04. The van der Waals surface area contributed by atoms with E-state index in [1.165, 1.54) is 0 Å². The second-order valence-electron chi connectivity index (χ2n) is 0.322. The molecule has 0 aromatic rings. The van der Waals surface area contributed by atoms with Crippen molar-refractivity contribution in [2.24, 2.45) is 0 Å². The van der Waals surface area contributed by atoms with Gasteiger partial charge in [-0.15, -0.1) is 0 Å². The van der Waals surface area contributed by atoms with E-state index in [9.17, 15) is 0 Å². The summed E-state index contributed by atoms with van der Waals surface area (Å²) in [4.78, 5) is 9.00. The summed E-state index contributed by atoms with van der Waals surface area (Å²) in [5.41, 5.74) is 2.00. The Morgan fingerprint density at radius 2 is 2.00 bits per heavy atom. The van der Waals surface area contributed by atoms with Gasteiger partial charge in [0.05, 0.1) is 0 Å². The van der Waals surface area contributed by atoms with Gasteiger partial charge in [0.2, 0.25) is 0 Å². The van der Waals surface area contributed by atoms with Crippen molar-refractivity contribution in [3.63, 3.8) is 0 Å². The van der Waals surface area contributed by atoms with E-state index >= 15 is 0 Å². The molecular formula is CH5CuN2O+3. The van der Waals surface area contributed by atoms with E-state index in [1.807, 2.05) is 5.43 Å². The Morgan fingerprint density at radius 3 is 2.00 bits per heavy atom. The molecule has 0 aromatic carbocycles. The van der Waals surface area contributed by atoms with Crippen molar-refractivity contribution in [3.05, 3.63) is 0 Å². The largest absolute Gasteiger partial charge is 2.00 e. The predicted molar refractivity (Wildman–Crippen MR) is 12.1 cm³/mol. The number of rotatable bonds is 1. The fourth-order valence-corrected chi connectivity index (χ4v) is 0. The Morgan fingerprint density at radius 1 is 1.80 bits per heavy atom. The van der Waals surface area contributed by atoms with E-state index in [0.717, 1.165) is 0 Å². The van der Waals surface area contributed by atoms with Crippen LogP contribution in [0, 0.1) is 0 Å². The summed E-state index contributed by atoms with van der Waals surface area (Å²) in [7, 11) is 0. The Bertz CT molecular complexity index is 23.6. The van der Waals surface area contributed by atoms with Crippen LogP contribution in [0.3, 0.4) is 0 Å². The van der Waals surface area contributed by atoms with Crippen molar-refractivity contribution in [2.75, 3.05) is 0 Å². The topological polar surface area (TPSA) is 56.7 Å². The Balaban J connectivity index is 0. The molecule has 0 aromatic heterocycles. The molecule has 3 nitrogen and oxygen atoms in total. The molecule has 1 radical (unpaired) electrons. The van der Waals surface area contributed by atoms with Crippen LogP contribution in [0.15, 0.2) is 0 Å². The van der Waals surface area contributed by atoms with Crippen LogP contribution in [-0.4, -0.2) is 6.41 Å². The first-order chi connectivity index (χ1) is 1.91. The molecule has 0 saturated heterocycles. The monoisotopic (exact) mass is 124 g/mol. The van der Waals surface area contributed by atoms with E-state index < -0.39 is 0 Å². The van der Waals surface area contributed by atoms with E-state index in [-0.39, 0.29) is 17.1 Å². The van der Waals surface area contributed by atoms with Crippen LogP contribution in [-0.2, 0) is 21.9 Å². The molecule has 0 saturated carbocycles. The van der Waals surface area contributed by atoms with E-state index in [1.54, 1.807) is 0 Å². The third kappa shape index (κ3) is 16.6. The molecule has 0 atom stereocenters. The Kier molecular flexibility index (Phi) is 16.0. The molecular weight excluding hydrogens is 120 g/mol. The average molecular weight is 125 g/mol. The van der Waals surface area contributed by atoms with Crippen molar-refractivity contribution in [1.29, 1.82) is 0 Å². The van der Waals surface area contributed by atoms with Gasteiger partial charge in [0.25, 0.3) is 6.41 Å². The van der Waals surface area contributed by atoms with Gasteiger partial charge in [0.15, 0.2) is 0 Å². The van der Waals surface area contributed by atoms with Crippen LogP contribution in [0.5, 0.6) is 0 Å². The zero-order chi connectivity index (χ0) is 3.41. The van der Waals surface area contributed by atoms with Gasteiger partial charge >= 0.3 is 17.1 Å². The number of carbonyl (C=O) groups is 1. The average Bonchev–Trinajstić information content (AvgIpc) is 1.37. The zero-order valence-corrected chi connectivity index (χ0v) is 3.44. The minimum absolute atomic E-state index is 0. The van der Waals surface area contributed by atoms with E-state index in [0.29, 0.717) is 6.41 Å². The van der Waals surface area contributed by atoms with Gasteiger partial charge in [0.1, 0.15) is 0 Å². The standard InChI is InChI=1S/CH4N2O.Cu/c2-3-1-4;/h1H,2H2,(H,3,4);/q;+2/p+1. The molecule has 4 N–H and O–H groups in total. The molecule has 0 spiro atoms. The zero-order valence-electron chi connectivity index (χ0n) is 2.49. The number of nitrogens with one attached hydrogen (secondary N) is 1. The Labute approximate surface area is 40.4 Å². The smallest absolute Gasteiger partial charge is 0.274 e. The fraction of sp³-hybridized carbons (Fsp3) is 0. The third-order valence-electron chi connectivity index (χ3n) is 0.0833. The first-order valence-corrected chi connectivity index (χ1v) is 0.878. The van der Waals surface area contributed by atoms with Crippen LogP contribution in [0.2, 0.25) is 0 Å². The Hall–Kier alpha value is -0.0505. The molecule has 33 valence electrons. The van der Waals surface area contributed by atoms with Crippen LogP contribution in [0.25, 0.3) is 0 Å². The SMILES string of the molecule is [Cu+2].[NH3+]NC=O. The molecule has 0 aliphatic rings. The molecule has 4 heteroatoms. The van der Waals surface area contributed by atoms with Gasteiger partial charge in [-0.05, 0) is 0 Å². The van der Waals surface area contributed by atoms with Gasteiger partial charge in [-0.1, -0.05) is 0 Å². The third-order valence-corrected chi connectivity index (χ3v) is 0.0833. The summed E-state index contributed by atoms with van der Waals surface area (Å²) in [6.45, 7) is 0. The van der Waals surface area contributed by atoms with Crippen molar-refractivity contribution >= 4 is 6.41 Å². The number of hydrogen-bond donors (Lipinski definition) is 2. The van der Waals surface area contributed by atoms with Gasteiger partial charge in [-0.2, -0.15) is 0 Å². The maximum atomic E-state index is 9.00. The van der Waals surface area contributed by atoms with Crippen LogP contribution < -0.4 is 11.3 Å². The molecule has 0 fully saturated rings. The van der Waals surface area contributed by atoms with Gasteiger partial charge in [-0.3, -0.25) is 10.6 Å². The maximum Gasteiger partial charge on any atom is 2.00 e. The number of amides is 1. The summed E-state index contributed by atoms with van der Waals surface area (Å²) in [5.74, 6) is 2.99. The molecule has 0 heterocycles. The van der Waals surface area contributed by atoms with Crippen LogP contribution >= 0.6 is 0 Å². The summed E-state index contributed by atoms with van der Waals surface area (Å²) in [6, 6.07) is 0. The van der Waals surface area contributed by atoms with Gasteiger partial charge in [-0.25, -0.2) is 5.43 Å². The van der Waals surface area contributed by atoms with Gasteiger partial charge < -0.3 is 0 Å². The van der Waals surface area contributed by atoms with Crippen LogP contribution in [0.4, 0.5) is 0 Å². The quantitative estimate of drug-likeness (QED) is 0.235. The van der Waals surface area contributed by atoms with Crippen molar-refractivity contribution in [2.45, 2.75) is 0 Å². The summed E-state index contributed by atoms with van der Waals surface area (Å²) < 4.78 is 0. The van der Waals surface area contributed by atoms with E-state index in [4.69, 9.17) is 4.79 Å². The first kappa shape index (κ1) is 8.87. The first-order valence-electron chi connectivity index (χ1n) is 0.878. The molecule has 0 unspecified atom stereocenters. The molecule has 0 rings (SSSR count). The number of quaternary nitrogens is 1. The number of carbonyl (C=O) groups excluding carboxylic acids is 1. The van der Waals surface area contributed by atoms with Crippen molar-refractivity contribution < 1.29 is 27.7 Å². The summed E-state index contributed by atoms with van der Waals surface area (Å²) in [5, 5.41) is 0. The van der Waals surface area contributed by atoms with Crippen molar-refractivity contribution in [1.82, 2.24) is 5.43 Å².